The molecule has 24 heavy (non-hydrogen) atoms. The maximum absolute atomic E-state index is 13.2. The molecule has 3 nitrogen and oxygen atoms in total. The third-order valence-electron chi connectivity index (χ3n) is 4.23. The molecule has 1 aromatic heterocycles. The Morgan fingerprint density at radius 1 is 0.958 bits per heavy atom. The third kappa shape index (κ3) is 2.44. The number of carbonyl (C=O) groups excluding carboxylic acids is 1. The summed E-state index contributed by atoms with van der Waals surface area (Å²) in [4.78, 5) is 18.4. The average Bonchev–Trinajstić information content (AvgIpc) is 3.04. The molecular formula is C19H15BrN2OS. The number of hydrogen-bond donors (Lipinski definition) is 0. The first kappa shape index (κ1) is 15.4. The van der Waals surface area contributed by atoms with Crippen LogP contribution in [0.2, 0.25) is 0 Å². The number of carbonyl (C=O) groups is 1. The summed E-state index contributed by atoms with van der Waals surface area (Å²) in [6.45, 7) is 0. The first-order valence-corrected chi connectivity index (χ1v) is 9.23. The zero-order valence-electron chi connectivity index (χ0n) is 13.0. The van der Waals surface area contributed by atoms with E-state index in [9.17, 15) is 4.79 Å². The lowest BCUT2D eigenvalue weighted by Crippen LogP contribution is -2.47. The van der Waals surface area contributed by atoms with Crippen molar-refractivity contribution in [3.8, 4) is 0 Å². The Bertz CT molecular complexity index is 893. The fraction of sp³-hybridized carbons (Fsp3) is 0.105. The Morgan fingerprint density at radius 2 is 1.67 bits per heavy atom. The van der Waals surface area contributed by atoms with E-state index >= 15 is 0 Å². The van der Waals surface area contributed by atoms with Gasteiger partial charge >= 0.3 is 0 Å². The van der Waals surface area contributed by atoms with Gasteiger partial charge in [-0.25, -0.2) is 0 Å². The summed E-state index contributed by atoms with van der Waals surface area (Å²) >= 11 is 5.19. The van der Waals surface area contributed by atoms with Crippen molar-refractivity contribution in [2.75, 3.05) is 16.8 Å². The van der Waals surface area contributed by atoms with E-state index in [1.165, 1.54) is 0 Å². The number of para-hydroxylation sites is 2. The molecule has 1 aliphatic rings. The third-order valence-corrected chi connectivity index (χ3v) is 5.89. The fourth-order valence-electron chi connectivity index (χ4n) is 3.14. The van der Waals surface area contributed by atoms with Gasteiger partial charge in [-0.1, -0.05) is 30.3 Å². The summed E-state index contributed by atoms with van der Waals surface area (Å²) in [6, 6.07) is 21.7. The fourth-order valence-corrected chi connectivity index (χ4v) is 4.70. The SMILES string of the molecule is CN1c2ccccc2C(=O)N(c2ccccc2)C1c1ccc(Br)s1. The molecule has 5 heteroatoms. The molecule has 1 aliphatic heterocycles. The molecule has 0 aliphatic carbocycles. The number of nitrogens with zero attached hydrogens (tertiary/aromatic N) is 2. The standard InChI is InChI=1S/C19H15BrN2OS/c1-21-15-10-6-5-9-14(15)19(23)22(13-7-3-2-4-8-13)18(21)16-11-12-17(20)24-16/h2-12,18H,1H3. The molecule has 0 saturated heterocycles. The van der Waals surface area contributed by atoms with Gasteiger partial charge < -0.3 is 4.90 Å². The number of fused-ring (bicyclic) bond motifs is 1. The highest BCUT2D eigenvalue weighted by molar-refractivity contribution is 9.11. The van der Waals surface area contributed by atoms with Gasteiger partial charge in [-0.3, -0.25) is 9.69 Å². The van der Waals surface area contributed by atoms with E-state index in [-0.39, 0.29) is 12.1 Å². The molecule has 1 amide bonds. The Balaban J connectivity index is 1.92. The zero-order valence-corrected chi connectivity index (χ0v) is 15.4. The predicted molar refractivity (Wildman–Crippen MR) is 103 cm³/mol. The molecule has 0 saturated carbocycles. The van der Waals surface area contributed by atoms with Crippen LogP contribution in [0.3, 0.4) is 0 Å². The largest absolute Gasteiger partial charge is 0.349 e. The molecule has 3 aromatic rings. The van der Waals surface area contributed by atoms with Crippen molar-refractivity contribution < 1.29 is 4.79 Å². The second-order valence-corrected chi connectivity index (χ2v) is 8.15. The van der Waals surface area contributed by atoms with E-state index in [0.717, 1.165) is 25.6 Å². The molecule has 4 rings (SSSR count). The van der Waals surface area contributed by atoms with Gasteiger partial charge in [-0.05, 0) is 52.3 Å². The quantitative estimate of drug-likeness (QED) is 0.584. The average molecular weight is 399 g/mol. The molecule has 0 N–H and O–H groups in total. The number of thiophene rings is 1. The van der Waals surface area contributed by atoms with Gasteiger partial charge in [0.2, 0.25) is 0 Å². The zero-order chi connectivity index (χ0) is 16.7. The molecule has 0 fully saturated rings. The molecule has 1 atom stereocenters. The number of benzene rings is 2. The Kier molecular flexibility index (Phi) is 3.90. The van der Waals surface area contributed by atoms with Gasteiger partial charge in [0.25, 0.3) is 5.91 Å². The van der Waals surface area contributed by atoms with Gasteiger partial charge in [0.1, 0.15) is 6.17 Å². The molecule has 120 valence electrons. The van der Waals surface area contributed by atoms with Crippen LogP contribution in [-0.2, 0) is 0 Å². The summed E-state index contributed by atoms with van der Waals surface area (Å²) in [5, 5.41) is 0. The second kappa shape index (κ2) is 6.07. The maximum Gasteiger partial charge on any atom is 0.262 e. The van der Waals surface area contributed by atoms with Crippen molar-refractivity contribution in [2.45, 2.75) is 6.17 Å². The first-order valence-electron chi connectivity index (χ1n) is 7.62. The topological polar surface area (TPSA) is 23.6 Å². The van der Waals surface area contributed by atoms with Crippen LogP contribution in [-0.4, -0.2) is 13.0 Å². The van der Waals surface area contributed by atoms with Crippen molar-refractivity contribution in [2.24, 2.45) is 0 Å². The molecule has 2 heterocycles. The van der Waals surface area contributed by atoms with E-state index in [0.29, 0.717) is 0 Å². The number of amides is 1. The van der Waals surface area contributed by atoms with Gasteiger partial charge in [0.15, 0.2) is 0 Å². The number of halogens is 1. The minimum Gasteiger partial charge on any atom is -0.349 e. The molecule has 0 bridgehead atoms. The van der Waals surface area contributed by atoms with E-state index in [1.807, 2.05) is 72.6 Å². The number of hydrogen-bond acceptors (Lipinski definition) is 3. The van der Waals surface area contributed by atoms with E-state index in [1.54, 1.807) is 11.3 Å². The lowest BCUT2D eigenvalue weighted by molar-refractivity contribution is 0.0970. The van der Waals surface area contributed by atoms with Crippen molar-refractivity contribution in [3.63, 3.8) is 0 Å². The van der Waals surface area contributed by atoms with Crippen LogP contribution in [0.4, 0.5) is 11.4 Å². The van der Waals surface area contributed by atoms with Crippen molar-refractivity contribution in [1.29, 1.82) is 0 Å². The molecule has 1 unspecified atom stereocenters. The Labute approximate surface area is 153 Å². The molecule has 0 spiro atoms. The molecule has 2 aromatic carbocycles. The smallest absolute Gasteiger partial charge is 0.262 e. The number of rotatable bonds is 2. The predicted octanol–water partition coefficient (Wildman–Crippen LogP) is 5.31. The molecular weight excluding hydrogens is 384 g/mol. The van der Waals surface area contributed by atoms with Crippen LogP contribution in [0.25, 0.3) is 0 Å². The first-order chi connectivity index (χ1) is 11.7. The van der Waals surface area contributed by atoms with E-state index < -0.39 is 0 Å². The highest BCUT2D eigenvalue weighted by Gasteiger charge is 2.38. The van der Waals surface area contributed by atoms with Crippen LogP contribution in [0.5, 0.6) is 0 Å². The minimum atomic E-state index is -0.161. The monoisotopic (exact) mass is 398 g/mol. The van der Waals surface area contributed by atoms with Gasteiger partial charge in [0.05, 0.1) is 15.0 Å². The van der Waals surface area contributed by atoms with Gasteiger partial charge in [0, 0.05) is 17.6 Å². The highest BCUT2D eigenvalue weighted by Crippen LogP contribution is 2.42. The van der Waals surface area contributed by atoms with Crippen molar-refractivity contribution in [3.05, 3.63) is 81.0 Å². The van der Waals surface area contributed by atoms with Crippen molar-refractivity contribution >= 4 is 44.5 Å². The summed E-state index contributed by atoms with van der Waals surface area (Å²) in [6.07, 6.45) is -0.161. The summed E-state index contributed by atoms with van der Waals surface area (Å²) < 4.78 is 1.06. The summed E-state index contributed by atoms with van der Waals surface area (Å²) in [7, 11) is 2.04. The van der Waals surface area contributed by atoms with E-state index in [4.69, 9.17) is 0 Å². The highest BCUT2D eigenvalue weighted by atomic mass is 79.9. The van der Waals surface area contributed by atoms with Crippen LogP contribution >= 0.6 is 27.3 Å². The Morgan fingerprint density at radius 3 is 2.38 bits per heavy atom. The summed E-state index contributed by atoms with van der Waals surface area (Å²) in [5.41, 5.74) is 2.60. The lowest BCUT2D eigenvalue weighted by Gasteiger charge is -2.43. The van der Waals surface area contributed by atoms with Crippen LogP contribution in [0.15, 0.2) is 70.5 Å². The van der Waals surface area contributed by atoms with Gasteiger partial charge in [-0.2, -0.15) is 0 Å². The number of anilines is 2. The molecule has 0 radical (unpaired) electrons. The van der Waals surface area contributed by atoms with Crippen LogP contribution < -0.4 is 9.80 Å². The summed E-state index contributed by atoms with van der Waals surface area (Å²) in [5.74, 6) is 0.0319. The van der Waals surface area contributed by atoms with Crippen LogP contribution in [0.1, 0.15) is 21.4 Å². The van der Waals surface area contributed by atoms with Crippen LogP contribution in [0, 0.1) is 0 Å². The Hall–Kier alpha value is -2.11. The van der Waals surface area contributed by atoms with Gasteiger partial charge in [-0.15, -0.1) is 11.3 Å². The second-order valence-electron chi connectivity index (χ2n) is 5.65. The van der Waals surface area contributed by atoms with E-state index in [2.05, 4.69) is 26.9 Å². The minimum absolute atomic E-state index is 0.0319. The lowest BCUT2D eigenvalue weighted by atomic mass is 10.0. The maximum atomic E-state index is 13.2. The normalized spacial score (nSPS) is 17.1. The van der Waals surface area contributed by atoms with Crippen molar-refractivity contribution in [1.82, 2.24) is 0 Å².